The lowest BCUT2D eigenvalue weighted by Gasteiger charge is -2.14. The molecule has 0 aliphatic carbocycles. The van der Waals surface area contributed by atoms with Gasteiger partial charge >= 0.3 is 0 Å². The number of methoxy groups -OCH3 is 1. The molecular weight excluding hydrogens is 210 g/mol. The molecule has 15 heavy (non-hydrogen) atoms. The highest BCUT2D eigenvalue weighted by Gasteiger charge is 2.12. The van der Waals surface area contributed by atoms with E-state index < -0.39 is 0 Å². The van der Waals surface area contributed by atoms with Crippen LogP contribution in [0.5, 0.6) is 5.75 Å². The van der Waals surface area contributed by atoms with E-state index in [1.54, 1.807) is 18.4 Å². The maximum Gasteiger partial charge on any atom is 0.153 e. The fraction of sp³-hybridized carbons (Fsp3) is 0.500. The Labute approximate surface area is 94.1 Å². The highest BCUT2D eigenvalue weighted by molar-refractivity contribution is 7.12. The molecule has 84 valence electrons. The van der Waals surface area contributed by atoms with E-state index in [-0.39, 0.29) is 5.54 Å². The van der Waals surface area contributed by atoms with Crippen LogP contribution in [0.2, 0.25) is 0 Å². The first-order valence-electron chi connectivity index (χ1n) is 4.65. The second-order valence-electron chi connectivity index (χ2n) is 4.13. The van der Waals surface area contributed by atoms with Gasteiger partial charge in [0.1, 0.15) is 5.75 Å². The first-order chi connectivity index (χ1) is 6.96. The summed E-state index contributed by atoms with van der Waals surface area (Å²) in [7, 11) is 1.64. The van der Waals surface area contributed by atoms with Crippen LogP contribution in [0.1, 0.15) is 25.6 Å². The van der Waals surface area contributed by atoms with E-state index in [1.807, 2.05) is 32.2 Å². The Hall–Kier alpha value is -1.07. The molecule has 1 aromatic heterocycles. The Morgan fingerprint density at radius 1 is 1.53 bits per heavy atom. The molecule has 0 aliphatic rings. The van der Waals surface area contributed by atoms with Crippen LogP contribution in [0.3, 0.4) is 0 Å². The van der Waals surface area contributed by atoms with Gasteiger partial charge in [-0.05, 0) is 20.8 Å². The molecule has 0 unspecified atom stereocenters. The lowest BCUT2D eigenvalue weighted by molar-refractivity contribution is 0.416. The number of nitrogens with two attached hydrogens (primary N) is 1. The van der Waals surface area contributed by atoms with E-state index in [2.05, 4.69) is 10.4 Å². The van der Waals surface area contributed by atoms with Crippen LogP contribution < -0.4 is 16.0 Å². The van der Waals surface area contributed by atoms with Crippen LogP contribution in [0.25, 0.3) is 0 Å². The second-order valence-corrected chi connectivity index (χ2v) is 5.04. The summed E-state index contributed by atoms with van der Waals surface area (Å²) in [5, 5.41) is 1.92. The minimum Gasteiger partial charge on any atom is -0.496 e. The molecule has 5 heteroatoms. The molecule has 1 aromatic rings. The van der Waals surface area contributed by atoms with Gasteiger partial charge in [0.2, 0.25) is 0 Å². The summed E-state index contributed by atoms with van der Waals surface area (Å²) in [5.74, 6) is 6.96. The summed E-state index contributed by atoms with van der Waals surface area (Å²) in [6.45, 7) is 6.07. The van der Waals surface area contributed by atoms with Crippen molar-refractivity contribution in [2.45, 2.75) is 26.3 Å². The van der Waals surface area contributed by atoms with Crippen LogP contribution in [-0.4, -0.2) is 18.5 Å². The van der Waals surface area contributed by atoms with Crippen molar-refractivity contribution in [3.8, 4) is 5.75 Å². The Kier molecular flexibility index (Phi) is 3.71. The second kappa shape index (κ2) is 4.63. The van der Waals surface area contributed by atoms with Gasteiger partial charge < -0.3 is 10.2 Å². The summed E-state index contributed by atoms with van der Waals surface area (Å²) in [4.78, 5) is 5.46. The number of amidine groups is 1. The van der Waals surface area contributed by atoms with E-state index in [4.69, 9.17) is 10.6 Å². The largest absolute Gasteiger partial charge is 0.496 e. The quantitative estimate of drug-likeness (QED) is 0.350. The lowest BCUT2D eigenvalue weighted by atomic mass is 10.1. The smallest absolute Gasteiger partial charge is 0.153 e. The molecule has 4 nitrogen and oxygen atoms in total. The van der Waals surface area contributed by atoms with Crippen LogP contribution >= 0.6 is 11.3 Å². The van der Waals surface area contributed by atoms with Gasteiger partial charge in [-0.3, -0.25) is 4.99 Å². The number of nitrogens with one attached hydrogen (secondary N) is 1. The number of aliphatic imine (C=N–C) groups is 1. The van der Waals surface area contributed by atoms with Crippen LogP contribution in [0, 0.1) is 0 Å². The Morgan fingerprint density at radius 3 is 2.60 bits per heavy atom. The molecule has 0 bridgehead atoms. The van der Waals surface area contributed by atoms with Crippen molar-refractivity contribution in [2.75, 3.05) is 7.11 Å². The monoisotopic (exact) mass is 227 g/mol. The van der Waals surface area contributed by atoms with Crippen molar-refractivity contribution in [1.82, 2.24) is 5.43 Å². The summed E-state index contributed by atoms with van der Waals surface area (Å²) < 4.78 is 5.11. The molecule has 0 radical (unpaired) electrons. The van der Waals surface area contributed by atoms with Gasteiger partial charge in [-0.2, -0.15) is 0 Å². The van der Waals surface area contributed by atoms with Gasteiger partial charge in [0.05, 0.1) is 17.5 Å². The van der Waals surface area contributed by atoms with E-state index in [1.165, 1.54) is 0 Å². The van der Waals surface area contributed by atoms with Crippen molar-refractivity contribution < 1.29 is 4.74 Å². The van der Waals surface area contributed by atoms with Crippen LogP contribution in [0.4, 0.5) is 0 Å². The normalized spacial score (nSPS) is 12.7. The van der Waals surface area contributed by atoms with Crippen molar-refractivity contribution in [1.29, 1.82) is 0 Å². The van der Waals surface area contributed by atoms with E-state index in [9.17, 15) is 0 Å². The van der Waals surface area contributed by atoms with E-state index in [0.29, 0.717) is 5.84 Å². The third-order valence-corrected chi connectivity index (χ3v) is 2.54. The predicted molar refractivity (Wildman–Crippen MR) is 64.5 cm³/mol. The van der Waals surface area contributed by atoms with Gasteiger partial charge in [-0.15, -0.1) is 11.3 Å². The Bertz CT molecular complexity index is 352. The maximum atomic E-state index is 5.45. The molecule has 0 amide bonds. The van der Waals surface area contributed by atoms with Gasteiger partial charge in [0, 0.05) is 11.4 Å². The molecule has 0 fully saturated rings. The first kappa shape index (κ1) is 12.0. The van der Waals surface area contributed by atoms with Crippen molar-refractivity contribution in [3.63, 3.8) is 0 Å². The van der Waals surface area contributed by atoms with Gasteiger partial charge in [-0.25, -0.2) is 5.84 Å². The third-order valence-electron chi connectivity index (χ3n) is 1.63. The summed E-state index contributed by atoms with van der Waals surface area (Å²) in [6, 6.07) is 1.91. The van der Waals surface area contributed by atoms with Crippen LogP contribution in [0.15, 0.2) is 16.4 Å². The minimum atomic E-state index is -0.154. The molecule has 0 aliphatic heterocycles. The number of hydrogen-bond donors (Lipinski definition) is 2. The molecule has 0 spiro atoms. The van der Waals surface area contributed by atoms with Crippen molar-refractivity contribution in [2.24, 2.45) is 10.8 Å². The molecule has 0 aromatic carbocycles. The maximum absolute atomic E-state index is 5.45. The third kappa shape index (κ3) is 3.53. The summed E-state index contributed by atoms with van der Waals surface area (Å²) in [5.41, 5.74) is 2.46. The standard InChI is InChI=1S/C10H17N3OS/c1-10(2,3)12-9(13-11)8-5-7(14-4)6-15-8/h5-6H,11H2,1-4H3,(H,12,13). The average Bonchev–Trinajstić information content (AvgIpc) is 2.60. The molecular formula is C10H17N3OS. The van der Waals surface area contributed by atoms with Gasteiger partial charge in [-0.1, -0.05) is 0 Å². The zero-order chi connectivity index (χ0) is 11.5. The lowest BCUT2D eigenvalue weighted by Crippen LogP contribution is -2.33. The minimum absolute atomic E-state index is 0.154. The number of thiophene rings is 1. The fourth-order valence-electron chi connectivity index (χ4n) is 1.04. The SMILES string of the molecule is COc1csc(C(=NC(C)(C)C)NN)c1. The van der Waals surface area contributed by atoms with Gasteiger partial charge in [0.15, 0.2) is 5.84 Å². The highest BCUT2D eigenvalue weighted by Crippen LogP contribution is 2.22. The van der Waals surface area contributed by atoms with Gasteiger partial charge in [0.25, 0.3) is 0 Å². The predicted octanol–water partition coefficient (Wildman–Crippen LogP) is 1.77. The zero-order valence-corrected chi connectivity index (χ0v) is 10.3. The number of nitrogens with zero attached hydrogens (tertiary/aromatic N) is 1. The molecule has 0 saturated carbocycles. The van der Waals surface area contributed by atoms with Crippen molar-refractivity contribution >= 4 is 17.2 Å². The Morgan fingerprint density at radius 2 is 2.20 bits per heavy atom. The highest BCUT2D eigenvalue weighted by atomic mass is 32.1. The number of hydrogen-bond acceptors (Lipinski definition) is 4. The Balaban J connectivity index is 2.97. The topological polar surface area (TPSA) is 59.6 Å². The van der Waals surface area contributed by atoms with E-state index >= 15 is 0 Å². The molecule has 3 N–H and O–H groups in total. The number of rotatable bonds is 2. The average molecular weight is 227 g/mol. The summed E-state index contributed by atoms with van der Waals surface area (Å²) in [6.07, 6.45) is 0. The van der Waals surface area contributed by atoms with Crippen LogP contribution in [-0.2, 0) is 0 Å². The number of hydrazine groups is 1. The van der Waals surface area contributed by atoms with E-state index in [0.717, 1.165) is 10.6 Å². The molecule has 1 heterocycles. The molecule has 0 saturated heterocycles. The van der Waals surface area contributed by atoms with Crippen molar-refractivity contribution in [3.05, 3.63) is 16.3 Å². The molecule has 1 rings (SSSR count). The molecule has 0 atom stereocenters. The fourth-order valence-corrected chi connectivity index (χ4v) is 1.85. The first-order valence-corrected chi connectivity index (χ1v) is 5.53. The summed E-state index contributed by atoms with van der Waals surface area (Å²) >= 11 is 1.55. The number of ether oxygens (including phenoxy) is 1. The zero-order valence-electron chi connectivity index (χ0n) is 9.50.